The molecule has 1 aromatic carbocycles. The van der Waals surface area contributed by atoms with Gasteiger partial charge in [-0.3, -0.25) is 9.29 Å². The maximum atomic E-state index is 11.8. The van der Waals surface area contributed by atoms with Gasteiger partial charge in [-0.1, -0.05) is 31.9 Å². The molecule has 0 spiro atoms. The van der Waals surface area contributed by atoms with Crippen molar-refractivity contribution >= 4 is 23.3 Å². The summed E-state index contributed by atoms with van der Waals surface area (Å²) in [4.78, 5) is 17.8. The van der Waals surface area contributed by atoms with Crippen LogP contribution >= 0.6 is 7.60 Å². The van der Waals surface area contributed by atoms with Crippen molar-refractivity contribution in [2.45, 2.75) is 32.3 Å². The largest absolute Gasteiger partial charge is 0.329 e. The van der Waals surface area contributed by atoms with Crippen molar-refractivity contribution in [3.8, 4) is 0 Å². The fraction of sp³-hybridized carbons (Fsp3) is 0.500. The molecule has 0 fully saturated rings. The first-order valence-electron chi connectivity index (χ1n) is 6.36. The predicted molar refractivity (Wildman–Crippen MR) is 79.1 cm³/mol. The number of benzene rings is 1. The van der Waals surface area contributed by atoms with E-state index in [0.717, 1.165) is 12.8 Å². The smallest absolute Gasteiger partial charge is 0.324 e. The molecule has 0 aliphatic rings. The van der Waals surface area contributed by atoms with Crippen LogP contribution in [0.4, 0.5) is 5.69 Å². The minimum absolute atomic E-state index is 0.0452. The first-order valence-corrected chi connectivity index (χ1v) is 9.81. The Kier molecular flexibility index (Phi) is 6.20. The summed E-state index contributed by atoms with van der Waals surface area (Å²) < 4.78 is 37.0. The van der Waals surface area contributed by atoms with Crippen molar-refractivity contribution in [3.05, 3.63) is 29.8 Å². The molecule has 0 saturated carbocycles. The molecule has 0 aromatic heterocycles. The van der Waals surface area contributed by atoms with Crippen LogP contribution in [-0.4, -0.2) is 24.0 Å². The molecule has 0 heterocycles. The van der Waals surface area contributed by atoms with Crippen molar-refractivity contribution in [1.82, 2.24) is 0 Å². The minimum atomic E-state index is -4.16. The van der Waals surface area contributed by atoms with E-state index in [1.807, 2.05) is 6.92 Å². The Balaban J connectivity index is 2.73. The summed E-state index contributed by atoms with van der Waals surface area (Å²) in [6.07, 6.45) is 1.97. The number of hydrogen-bond donors (Lipinski definition) is 3. The van der Waals surface area contributed by atoms with Crippen LogP contribution in [0.2, 0.25) is 0 Å². The second kappa shape index (κ2) is 7.22. The van der Waals surface area contributed by atoms with Crippen LogP contribution in [0, 0.1) is 0 Å². The van der Waals surface area contributed by atoms with E-state index >= 15 is 0 Å². The van der Waals surface area contributed by atoms with Gasteiger partial charge in [-0.25, -0.2) is 8.42 Å². The molecule has 8 heteroatoms. The van der Waals surface area contributed by atoms with Gasteiger partial charge < -0.3 is 9.79 Å². The summed E-state index contributed by atoms with van der Waals surface area (Å²) in [6, 6.07) is 6.11. The van der Waals surface area contributed by atoms with Crippen molar-refractivity contribution in [2.75, 3.05) is 10.5 Å². The highest BCUT2D eigenvalue weighted by Crippen LogP contribution is 2.39. The Hall–Kier alpha value is -0.880. The first-order chi connectivity index (χ1) is 9.22. The lowest BCUT2D eigenvalue weighted by atomic mass is 10.3. The minimum Gasteiger partial charge on any atom is -0.324 e. The van der Waals surface area contributed by atoms with Crippen molar-refractivity contribution in [1.29, 1.82) is 0 Å². The van der Waals surface area contributed by atoms with Crippen LogP contribution < -0.4 is 4.72 Å². The SMILES string of the molecule is CCCCCS(=O)(=O)Nc1cccc([13CH2]P(=O)(O)O)c1. The van der Waals surface area contributed by atoms with Gasteiger partial charge in [-0.2, -0.15) is 0 Å². The Morgan fingerprint density at radius 3 is 2.55 bits per heavy atom. The molecule has 1 aromatic rings. The van der Waals surface area contributed by atoms with Gasteiger partial charge in [0, 0.05) is 5.69 Å². The fourth-order valence-electron chi connectivity index (χ4n) is 1.74. The molecular formula is C12H20NO5PS. The third kappa shape index (κ3) is 7.05. The van der Waals surface area contributed by atoms with E-state index in [9.17, 15) is 13.0 Å². The summed E-state index contributed by atoms with van der Waals surface area (Å²) in [7, 11) is -7.57. The second-order valence-corrected chi connectivity index (χ2v) is 8.14. The van der Waals surface area contributed by atoms with Gasteiger partial charge in [0.1, 0.15) is 0 Å². The molecule has 0 aliphatic carbocycles. The number of hydrogen-bond acceptors (Lipinski definition) is 3. The molecular weight excluding hydrogens is 302 g/mol. The van der Waals surface area contributed by atoms with Crippen LogP contribution in [0.25, 0.3) is 0 Å². The summed E-state index contributed by atoms with van der Waals surface area (Å²) in [5, 5.41) is 0. The molecule has 1 rings (SSSR count). The Morgan fingerprint density at radius 1 is 1.25 bits per heavy atom. The summed E-state index contributed by atoms with van der Waals surface area (Å²) in [5.41, 5.74) is 0.722. The van der Waals surface area contributed by atoms with Gasteiger partial charge in [0.15, 0.2) is 0 Å². The average Bonchev–Trinajstić information content (AvgIpc) is 2.26. The molecule has 0 saturated heterocycles. The zero-order valence-electron chi connectivity index (χ0n) is 11.3. The third-order valence-corrected chi connectivity index (χ3v) is 4.76. The van der Waals surface area contributed by atoms with Crippen LogP contribution in [-0.2, 0) is 20.8 Å². The monoisotopic (exact) mass is 322 g/mol. The topological polar surface area (TPSA) is 104 Å². The highest BCUT2D eigenvalue weighted by atomic mass is 32.2. The van der Waals surface area contributed by atoms with Gasteiger partial charge in [0.25, 0.3) is 0 Å². The second-order valence-electron chi connectivity index (χ2n) is 4.65. The lowest BCUT2D eigenvalue weighted by Crippen LogP contribution is -2.16. The first kappa shape index (κ1) is 17.2. The molecule has 3 N–H and O–H groups in total. The van der Waals surface area contributed by atoms with E-state index < -0.39 is 23.8 Å². The van der Waals surface area contributed by atoms with Gasteiger partial charge >= 0.3 is 7.60 Å². The number of nitrogens with one attached hydrogen (secondary N) is 1. The van der Waals surface area contributed by atoms with Crippen molar-refractivity contribution < 1.29 is 22.8 Å². The molecule has 0 radical (unpaired) electrons. The van der Waals surface area contributed by atoms with Crippen LogP contribution in [0.3, 0.4) is 0 Å². The molecule has 0 bridgehead atoms. The van der Waals surface area contributed by atoms with E-state index in [4.69, 9.17) is 9.79 Å². The van der Waals surface area contributed by atoms with Crippen LogP contribution in [0.15, 0.2) is 24.3 Å². The van der Waals surface area contributed by atoms with Gasteiger partial charge in [-0.15, -0.1) is 0 Å². The summed E-state index contributed by atoms with van der Waals surface area (Å²) in [6.45, 7) is 1.99. The molecule has 0 unspecified atom stereocenters. The molecule has 6 nitrogen and oxygen atoms in total. The van der Waals surface area contributed by atoms with E-state index in [-0.39, 0.29) is 5.75 Å². The van der Waals surface area contributed by atoms with Crippen LogP contribution in [0.1, 0.15) is 31.7 Å². The molecule has 0 atom stereocenters. The third-order valence-electron chi connectivity index (χ3n) is 2.61. The van der Waals surface area contributed by atoms with Crippen molar-refractivity contribution in [3.63, 3.8) is 0 Å². The van der Waals surface area contributed by atoms with Crippen molar-refractivity contribution in [2.24, 2.45) is 0 Å². The Morgan fingerprint density at radius 2 is 1.95 bits per heavy atom. The quantitative estimate of drug-likeness (QED) is 0.387. The van der Waals surface area contributed by atoms with Gasteiger partial charge in [-0.05, 0) is 24.1 Å². The Labute approximate surface area is 119 Å². The lowest BCUT2D eigenvalue weighted by Gasteiger charge is -2.10. The van der Waals surface area contributed by atoms with E-state index in [0.29, 0.717) is 17.7 Å². The molecule has 114 valence electrons. The number of rotatable bonds is 8. The Bertz CT molecular complexity index is 581. The normalized spacial score (nSPS) is 12.3. The average molecular weight is 322 g/mol. The standard InChI is InChI=1S/C12H20NO5PS/c1-2-3-4-8-20(17,18)13-12-7-5-6-11(9-12)10-19(14,15)16/h5-7,9,13H,2-4,8,10H2,1H3,(H2,14,15,16)/i10+1. The highest BCUT2D eigenvalue weighted by molar-refractivity contribution is 7.92. The summed E-state index contributed by atoms with van der Waals surface area (Å²) >= 11 is 0. The zero-order chi connectivity index (χ0) is 15.2. The molecule has 20 heavy (non-hydrogen) atoms. The number of sulfonamides is 1. The van der Waals surface area contributed by atoms with Gasteiger partial charge in [0.05, 0.1) is 11.9 Å². The van der Waals surface area contributed by atoms with E-state index in [1.54, 1.807) is 18.2 Å². The zero-order valence-corrected chi connectivity index (χ0v) is 13.0. The highest BCUT2D eigenvalue weighted by Gasteiger charge is 2.15. The summed E-state index contributed by atoms with van der Waals surface area (Å²) in [5.74, 6) is 0.0452. The maximum absolute atomic E-state index is 11.8. The van der Waals surface area contributed by atoms with Crippen LogP contribution in [0.5, 0.6) is 0 Å². The fourth-order valence-corrected chi connectivity index (χ4v) is 3.59. The number of unbranched alkanes of at least 4 members (excludes halogenated alkanes) is 2. The predicted octanol–water partition coefficient (Wildman–Crippen LogP) is 2.30. The van der Waals surface area contributed by atoms with E-state index in [2.05, 4.69) is 4.72 Å². The van der Waals surface area contributed by atoms with Gasteiger partial charge in [0.2, 0.25) is 10.0 Å². The molecule has 0 aliphatic heterocycles. The molecule has 0 amide bonds. The maximum Gasteiger partial charge on any atom is 0.329 e. The lowest BCUT2D eigenvalue weighted by molar-refractivity contribution is 0.371. The number of anilines is 1. The van der Waals surface area contributed by atoms with E-state index in [1.165, 1.54) is 6.07 Å².